The number of rotatable bonds is 3. The molecule has 0 unspecified atom stereocenters. The number of H-pyrrole nitrogens is 1. The van der Waals surface area contributed by atoms with Gasteiger partial charge in [0.05, 0.1) is 23.3 Å². The van der Waals surface area contributed by atoms with Gasteiger partial charge >= 0.3 is 0 Å². The van der Waals surface area contributed by atoms with Crippen molar-refractivity contribution in [1.29, 1.82) is 0 Å². The second-order valence-corrected chi connectivity index (χ2v) is 4.29. The van der Waals surface area contributed by atoms with Gasteiger partial charge in [0.15, 0.2) is 0 Å². The number of fused-ring (bicyclic) bond motifs is 1. The second kappa shape index (κ2) is 4.53. The molecule has 0 aliphatic carbocycles. The average molecular weight is 252 g/mol. The Morgan fingerprint density at radius 2 is 2.11 bits per heavy atom. The van der Waals surface area contributed by atoms with Crippen molar-refractivity contribution in [3.63, 3.8) is 0 Å². The van der Waals surface area contributed by atoms with Gasteiger partial charge in [-0.3, -0.25) is 14.9 Å². The highest BCUT2D eigenvalue weighted by atomic mass is 16.1. The van der Waals surface area contributed by atoms with Crippen LogP contribution in [0.3, 0.4) is 0 Å². The Labute approximate surface area is 109 Å². The molecule has 0 aliphatic rings. The highest BCUT2D eigenvalue weighted by molar-refractivity contribution is 5.93. The highest BCUT2D eigenvalue weighted by Crippen LogP contribution is 2.26. The van der Waals surface area contributed by atoms with E-state index in [2.05, 4.69) is 15.2 Å². The topological polar surface area (TPSA) is 84.7 Å². The van der Waals surface area contributed by atoms with Crippen LogP contribution < -0.4 is 5.73 Å². The van der Waals surface area contributed by atoms with Crippen LogP contribution in [0.4, 0.5) is 0 Å². The van der Waals surface area contributed by atoms with Gasteiger partial charge in [-0.25, -0.2) is 0 Å². The van der Waals surface area contributed by atoms with E-state index in [4.69, 9.17) is 5.73 Å². The first-order chi connectivity index (χ1) is 9.24. The lowest BCUT2D eigenvalue weighted by molar-refractivity contribution is -0.117. The van der Waals surface area contributed by atoms with Gasteiger partial charge in [0, 0.05) is 17.1 Å². The Balaban J connectivity index is 2.09. The fraction of sp³-hybridized carbons (Fsp3) is 0.0714. The van der Waals surface area contributed by atoms with Crippen LogP contribution in [0.1, 0.15) is 5.69 Å². The van der Waals surface area contributed by atoms with E-state index in [1.807, 2.05) is 36.4 Å². The van der Waals surface area contributed by atoms with E-state index >= 15 is 0 Å². The maximum atomic E-state index is 10.9. The van der Waals surface area contributed by atoms with Gasteiger partial charge in [-0.05, 0) is 18.2 Å². The molecular formula is C14H12N4O. The molecule has 2 aromatic heterocycles. The van der Waals surface area contributed by atoms with Crippen LogP contribution in [0.5, 0.6) is 0 Å². The minimum Gasteiger partial charge on any atom is -0.369 e. The van der Waals surface area contributed by atoms with E-state index in [1.165, 1.54) is 0 Å². The van der Waals surface area contributed by atoms with Gasteiger partial charge < -0.3 is 5.73 Å². The number of benzene rings is 1. The van der Waals surface area contributed by atoms with E-state index in [-0.39, 0.29) is 6.42 Å². The summed E-state index contributed by atoms with van der Waals surface area (Å²) in [6, 6.07) is 11.6. The molecule has 1 amide bonds. The molecule has 94 valence electrons. The summed E-state index contributed by atoms with van der Waals surface area (Å²) in [6.45, 7) is 0. The van der Waals surface area contributed by atoms with Crippen LogP contribution in [0.25, 0.3) is 22.2 Å². The maximum absolute atomic E-state index is 10.9. The summed E-state index contributed by atoms with van der Waals surface area (Å²) >= 11 is 0. The third-order valence-electron chi connectivity index (χ3n) is 2.93. The number of nitrogens with zero attached hydrogens (tertiary/aromatic N) is 2. The summed E-state index contributed by atoms with van der Waals surface area (Å²) in [5.74, 6) is -0.391. The minimum atomic E-state index is -0.391. The summed E-state index contributed by atoms with van der Waals surface area (Å²) in [6.07, 6.45) is 1.89. The van der Waals surface area contributed by atoms with E-state index in [0.29, 0.717) is 5.69 Å². The minimum absolute atomic E-state index is 0.138. The van der Waals surface area contributed by atoms with Gasteiger partial charge in [0.2, 0.25) is 5.91 Å². The molecule has 0 bridgehead atoms. The molecule has 0 saturated heterocycles. The van der Waals surface area contributed by atoms with Crippen LogP contribution in [-0.2, 0) is 11.2 Å². The SMILES string of the molecule is NC(=O)Cc1cc(-c2ccnc3ccccc23)[nH]n1. The number of amides is 1. The van der Waals surface area contributed by atoms with E-state index < -0.39 is 5.91 Å². The third kappa shape index (κ3) is 2.18. The number of pyridine rings is 1. The Hall–Kier alpha value is -2.69. The van der Waals surface area contributed by atoms with Gasteiger partial charge in [-0.15, -0.1) is 0 Å². The molecular weight excluding hydrogens is 240 g/mol. The van der Waals surface area contributed by atoms with Crippen LogP contribution in [-0.4, -0.2) is 21.1 Å². The molecule has 3 rings (SSSR count). The monoisotopic (exact) mass is 252 g/mol. The fourth-order valence-electron chi connectivity index (χ4n) is 2.10. The third-order valence-corrected chi connectivity index (χ3v) is 2.93. The predicted molar refractivity (Wildman–Crippen MR) is 72.2 cm³/mol. The Bertz CT molecular complexity index is 743. The van der Waals surface area contributed by atoms with Crippen molar-refractivity contribution in [3.05, 3.63) is 48.3 Å². The number of hydrogen-bond acceptors (Lipinski definition) is 3. The van der Waals surface area contributed by atoms with Crippen molar-refractivity contribution in [2.45, 2.75) is 6.42 Å². The molecule has 3 N–H and O–H groups in total. The van der Waals surface area contributed by atoms with Crippen molar-refractivity contribution in [2.75, 3.05) is 0 Å². The lowest BCUT2D eigenvalue weighted by Crippen LogP contribution is -2.13. The largest absolute Gasteiger partial charge is 0.369 e. The quantitative estimate of drug-likeness (QED) is 0.743. The van der Waals surface area contributed by atoms with E-state index in [9.17, 15) is 4.79 Å². The first-order valence-electron chi connectivity index (χ1n) is 5.91. The molecule has 0 atom stereocenters. The molecule has 19 heavy (non-hydrogen) atoms. The highest BCUT2D eigenvalue weighted by Gasteiger charge is 2.09. The molecule has 3 aromatic rings. The molecule has 0 saturated carbocycles. The zero-order valence-electron chi connectivity index (χ0n) is 10.1. The smallest absolute Gasteiger partial charge is 0.223 e. The summed E-state index contributed by atoms with van der Waals surface area (Å²) < 4.78 is 0. The van der Waals surface area contributed by atoms with E-state index in [0.717, 1.165) is 22.2 Å². The van der Waals surface area contributed by atoms with Gasteiger partial charge in [-0.1, -0.05) is 18.2 Å². The zero-order valence-corrected chi connectivity index (χ0v) is 10.1. The number of hydrogen-bond donors (Lipinski definition) is 2. The van der Waals surface area contributed by atoms with Gasteiger partial charge in [0.1, 0.15) is 0 Å². The summed E-state index contributed by atoms with van der Waals surface area (Å²) in [5, 5.41) is 8.07. The van der Waals surface area contributed by atoms with Crippen molar-refractivity contribution in [3.8, 4) is 11.3 Å². The molecule has 0 spiro atoms. The molecule has 5 nitrogen and oxygen atoms in total. The Kier molecular flexibility index (Phi) is 2.72. The van der Waals surface area contributed by atoms with Gasteiger partial charge in [0.25, 0.3) is 0 Å². The Morgan fingerprint density at radius 3 is 2.95 bits per heavy atom. The number of carbonyl (C=O) groups is 1. The molecule has 0 fully saturated rings. The number of nitrogens with one attached hydrogen (secondary N) is 1. The summed E-state index contributed by atoms with van der Waals surface area (Å²) in [7, 11) is 0. The Morgan fingerprint density at radius 1 is 1.26 bits per heavy atom. The molecule has 2 heterocycles. The fourth-order valence-corrected chi connectivity index (χ4v) is 2.10. The number of aromatic amines is 1. The average Bonchev–Trinajstić information content (AvgIpc) is 2.85. The van der Waals surface area contributed by atoms with Crippen LogP contribution in [0.2, 0.25) is 0 Å². The summed E-state index contributed by atoms with van der Waals surface area (Å²) in [5.41, 5.74) is 8.59. The van der Waals surface area contributed by atoms with Crippen molar-refractivity contribution in [1.82, 2.24) is 15.2 Å². The normalized spacial score (nSPS) is 10.7. The van der Waals surface area contributed by atoms with Crippen LogP contribution >= 0.6 is 0 Å². The van der Waals surface area contributed by atoms with Crippen LogP contribution in [0, 0.1) is 0 Å². The van der Waals surface area contributed by atoms with Crippen LogP contribution in [0.15, 0.2) is 42.6 Å². The number of aromatic nitrogens is 3. The van der Waals surface area contributed by atoms with E-state index in [1.54, 1.807) is 6.20 Å². The standard InChI is InChI=1S/C14H12N4O/c15-14(19)8-9-7-13(18-17-9)11-5-6-16-12-4-2-1-3-10(11)12/h1-7H,8H2,(H2,15,19)(H,17,18). The van der Waals surface area contributed by atoms with Crippen molar-refractivity contribution >= 4 is 16.8 Å². The number of carbonyl (C=O) groups excluding carboxylic acids is 1. The first-order valence-corrected chi connectivity index (χ1v) is 5.91. The second-order valence-electron chi connectivity index (χ2n) is 4.29. The maximum Gasteiger partial charge on any atom is 0.223 e. The van der Waals surface area contributed by atoms with Crippen molar-refractivity contribution < 1.29 is 4.79 Å². The first kappa shape index (κ1) is 11.4. The number of para-hydroxylation sites is 1. The molecule has 0 aliphatic heterocycles. The van der Waals surface area contributed by atoms with Crippen molar-refractivity contribution in [2.24, 2.45) is 5.73 Å². The lowest BCUT2D eigenvalue weighted by Gasteiger charge is -2.02. The molecule has 0 radical (unpaired) electrons. The number of nitrogens with two attached hydrogens (primary N) is 1. The molecule has 5 heteroatoms. The zero-order chi connectivity index (χ0) is 13.2. The summed E-state index contributed by atoms with van der Waals surface area (Å²) in [4.78, 5) is 15.2. The lowest BCUT2D eigenvalue weighted by atomic mass is 10.1. The number of primary amides is 1. The molecule has 1 aromatic carbocycles. The predicted octanol–water partition coefficient (Wildman–Crippen LogP) is 1.65. The van der Waals surface area contributed by atoms with Gasteiger partial charge in [-0.2, -0.15) is 5.10 Å².